The van der Waals surface area contributed by atoms with E-state index in [0.29, 0.717) is 11.3 Å². The van der Waals surface area contributed by atoms with E-state index in [1.165, 1.54) is 18.4 Å². The van der Waals surface area contributed by atoms with Gasteiger partial charge in [-0.15, -0.1) is 0 Å². The zero-order valence-corrected chi connectivity index (χ0v) is 30.9. The van der Waals surface area contributed by atoms with Gasteiger partial charge in [0, 0.05) is 0 Å². The second-order valence-corrected chi connectivity index (χ2v) is 15.1. The van der Waals surface area contributed by atoms with Crippen LogP contribution >= 0.6 is 0 Å². The molecule has 1 aromatic rings. The molecular formula is C38H80. The molecule has 0 aromatic heterocycles. The van der Waals surface area contributed by atoms with Crippen molar-refractivity contribution in [2.24, 2.45) is 46.8 Å². The smallest absolute Gasteiger partial charge is 0.0219 e. The van der Waals surface area contributed by atoms with E-state index in [0.717, 1.165) is 41.4 Å². The molecule has 1 aromatic carbocycles. The first kappa shape index (κ1) is 47.0. The summed E-state index contributed by atoms with van der Waals surface area (Å²) in [7, 11) is 0. The second-order valence-electron chi connectivity index (χ2n) is 15.1. The summed E-state index contributed by atoms with van der Waals surface area (Å²) in [4.78, 5) is 0. The highest BCUT2D eigenvalue weighted by molar-refractivity contribution is 5.17. The van der Waals surface area contributed by atoms with Gasteiger partial charge in [0.2, 0.25) is 0 Å². The van der Waals surface area contributed by atoms with E-state index in [9.17, 15) is 0 Å². The molecule has 232 valence electrons. The highest BCUT2D eigenvalue weighted by Gasteiger charge is 2.13. The molecule has 0 N–H and O–H groups in total. The standard InChI is InChI=1S/C9H12.2C7H16.C6H14.C5H12.C4H10/c1-8(2)9-6-4-3-5-7-9;1-6(2)7(3,4)5;1-6(2)5-7(3)4;1-5(2)6(3)4;1-4-5(2)3;1-4(2)3/h3-8H,1-2H3;6H,1-5H3;6-7H,5H2,1-4H3;5-6H,1-4H3;5H,4H2,1-3H3;4H,1-3H3. The Kier molecular flexibility index (Phi) is 36.2. The van der Waals surface area contributed by atoms with Crippen LogP contribution < -0.4 is 0 Å². The Hall–Kier alpha value is -0.780. The first-order valence-corrected chi connectivity index (χ1v) is 16.1. The molecule has 38 heavy (non-hydrogen) atoms. The summed E-state index contributed by atoms with van der Waals surface area (Å²) in [5.74, 6) is 6.63. The van der Waals surface area contributed by atoms with Crippen LogP contribution in [-0.2, 0) is 0 Å². The molecule has 0 aliphatic carbocycles. The lowest BCUT2D eigenvalue weighted by Gasteiger charge is -2.22. The molecule has 0 amide bonds. The Morgan fingerprint density at radius 3 is 0.868 bits per heavy atom. The third kappa shape index (κ3) is 55.7. The Morgan fingerprint density at radius 1 is 0.526 bits per heavy atom. The van der Waals surface area contributed by atoms with Gasteiger partial charge >= 0.3 is 0 Å². The van der Waals surface area contributed by atoms with Gasteiger partial charge in [-0.2, -0.15) is 0 Å². The molecular weight excluding hydrogens is 456 g/mol. The summed E-state index contributed by atoms with van der Waals surface area (Å²) in [5.41, 5.74) is 1.91. The Balaban J connectivity index is -0.000000117. The van der Waals surface area contributed by atoms with Gasteiger partial charge < -0.3 is 0 Å². The van der Waals surface area contributed by atoms with Crippen LogP contribution in [0.2, 0.25) is 0 Å². The molecule has 0 spiro atoms. The molecule has 0 bridgehead atoms. The lowest BCUT2D eigenvalue weighted by atomic mass is 9.84. The maximum absolute atomic E-state index is 2.26. The van der Waals surface area contributed by atoms with E-state index in [-0.39, 0.29) is 0 Å². The van der Waals surface area contributed by atoms with Gasteiger partial charge in [-0.1, -0.05) is 182 Å². The number of hydrogen-bond acceptors (Lipinski definition) is 0. The zero-order chi connectivity index (χ0) is 31.6. The van der Waals surface area contributed by atoms with Gasteiger partial charge in [0.1, 0.15) is 0 Å². The van der Waals surface area contributed by atoms with Crippen LogP contribution in [0.4, 0.5) is 0 Å². The maximum Gasteiger partial charge on any atom is -0.0219 e. The average Bonchev–Trinajstić information content (AvgIpc) is 2.74. The molecule has 0 aliphatic rings. The molecule has 0 saturated heterocycles. The van der Waals surface area contributed by atoms with E-state index >= 15 is 0 Å². The summed E-state index contributed by atoms with van der Waals surface area (Å²) in [6.45, 7) is 46.9. The topological polar surface area (TPSA) is 0 Å². The summed E-state index contributed by atoms with van der Waals surface area (Å²) >= 11 is 0. The quantitative estimate of drug-likeness (QED) is 0.351. The molecule has 0 heteroatoms. The van der Waals surface area contributed by atoms with Crippen molar-refractivity contribution >= 4 is 0 Å². The van der Waals surface area contributed by atoms with Crippen molar-refractivity contribution in [3.8, 4) is 0 Å². The highest BCUT2D eigenvalue weighted by atomic mass is 14.2. The summed E-state index contributed by atoms with van der Waals surface area (Å²) in [6, 6.07) is 10.5. The van der Waals surface area contributed by atoms with Crippen LogP contribution in [0.1, 0.15) is 170 Å². The number of benzene rings is 1. The van der Waals surface area contributed by atoms with Gasteiger partial charge in [0.05, 0.1) is 0 Å². The SMILES string of the molecule is CC(C)C.CC(C)C(C)(C)C.CC(C)C(C)C.CC(C)CC(C)C.CC(C)c1ccccc1.CCC(C)C. The Labute approximate surface area is 246 Å². The van der Waals surface area contributed by atoms with Gasteiger partial charge in [-0.25, -0.2) is 0 Å². The van der Waals surface area contributed by atoms with Crippen molar-refractivity contribution in [1.29, 1.82) is 0 Å². The minimum Gasteiger partial charge on any atom is -0.0651 e. The number of hydrogen-bond donors (Lipinski definition) is 0. The predicted molar refractivity (Wildman–Crippen MR) is 184 cm³/mol. The van der Waals surface area contributed by atoms with Crippen LogP contribution in [-0.4, -0.2) is 0 Å². The van der Waals surface area contributed by atoms with Crippen molar-refractivity contribution in [2.45, 2.75) is 164 Å². The molecule has 1 rings (SSSR count). The summed E-state index contributed by atoms with van der Waals surface area (Å²) < 4.78 is 0. The minimum atomic E-state index is 0.500. The van der Waals surface area contributed by atoms with Crippen LogP contribution in [0.5, 0.6) is 0 Å². The van der Waals surface area contributed by atoms with Crippen molar-refractivity contribution in [3.63, 3.8) is 0 Å². The van der Waals surface area contributed by atoms with Gasteiger partial charge in [0.25, 0.3) is 0 Å². The lowest BCUT2D eigenvalue weighted by Crippen LogP contribution is -2.12. The van der Waals surface area contributed by atoms with Crippen molar-refractivity contribution < 1.29 is 0 Å². The molecule has 0 saturated carbocycles. The zero-order valence-electron chi connectivity index (χ0n) is 30.9. The molecule has 0 unspecified atom stereocenters. The maximum atomic E-state index is 2.26. The molecule has 0 aliphatic heterocycles. The predicted octanol–water partition coefficient (Wildman–Crippen LogP) is 14.2. The van der Waals surface area contributed by atoms with E-state index in [4.69, 9.17) is 0 Å². The van der Waals surface area contributed by atoms with Crippen LogP contribution in [0.3, 0.4) is 0 Å². The molecule has 0 heterocycles. The summed E-state index contributed by atoms with van der Waals surface area (Å²) in [5, 5.41) is 0. The third-order valence-corrected chi connectivity index (χ3v) is 6.29. The molecule has 0 fully saturated rings. The van der Waals surface area contributed by atoms with Crippen LogP contribution in [0.15, 0.2) is 30.3 Å². The molecule has 0 nitrogen and oxygen atoms in total. The highest BCUT2D eigenvalue weighted by Crippen LogP contribution is 2.23. The fourth-order valence-corrected chi connectivity index (χ4v) is 1.78. The third-order valence-electron chi connectivity index (χ3n) is 6.29. The van der Waals surface area contributed by atoms with Gasteiger partial charge in [-0.3, -0.25) is 0 Å². The van der Waals surface area contributed by atoms with Gasteiger partial charge in [0.15, 0.2) is 0 Å². The van der Waals surface area contributed by atoms with Crippen molar-refractivity contribution in [2.75, 3.05) is 0 Å². The largest absolute Gasteiger partial charge is 0.0651 e. The fraction of sp³-hybridized carbons (Fsp3) is 0.842. The van der Waals surface area contributed by atoms with Crippen LogP contribution in [0, 0.1) is 46.8 Å². The van der Waals surface area contributed by atoms with E-state index in [1.807, 2.05) is 6.07 Å². The van der Waals surface area contributed by atoms with Gasteiger partial charge in [-0.05, 0) is 64.7 Å². The lowest BCUT2D eigenvalue weighted by molar-refractivity contribution is 0.283. The molecule has 0 atom stereocenters. The number of rotatable bonds is 5. The summed E-state index contributed by atoms with van der Waals surface area (Å²) in [6.07, 6.45) is 2.67. The monoisotopic (exact) mass is 537 g/mol. The van der Waals surface area contributed by atoms with Crippen molar-refractivity contribution in [3.05, 3.63) is 35.9 Å². The van der Waals surface area contributed by atoms with E-state index < -0.39 is 0 Å². The minimum absolute atomic E-state index is 0.500. The Bertz CT molecular complexity index is 506. The normalized spacial score (nSPS) is 10.8. The van der Waals surface area contributed by atoms with E-state index in [2.05, 4.69) is 170 Å². The first-order valence-electron chi connectivity index (χ1n) is 16.1. The van der Waals surface area contributed by atoms with E-state index in [1.54, 1.807) is 0 Å². The second kappa shape index (κ2) is 29.2. The van der Waals surface area contributed by atoms with Crippen LogP contribution in [0.25, 0.3) is 0 Å². The first-order chi connectivity index (χ1) is 17.0. The average molecular weight is 537 g/mol. The Morgan fingerprint density at radius 2 is 0.789 bits per heavy atom. The fourth-order valence-electron chi connectivity index (χ4n) is 1.78. The molecule has 0 radical (unpaired) electrons. The van der Waals surface area contributed by atoms with Crippen molar-refractivity contribution in [1.82, 2.24) is 0 Å².